The third-order valence-electron chi connectivity index (χ3n) is 2.82. The molecule has 102 valence electrons. The van der Waals surface area contributed by atoms with Gasteiger partial charge in [-0.2, -0.15) is 0 Å². The maximum absolute atomic E-state index is 12.1. The normalized spacial score (nSPS) is 11.0. The number of nitrogens with one attached hydrogen (secondary N) is 1. The number of carbonyl (C=O) groups is 1. The molecule has 0 unspecified atom stereocenters. The maximum Gasteiger partial charge on any atom is 0.329 e. The van der Waals surface area contributed by atoms with Crippen molar-refractivity contribution in [2.75, 3.05) is 0 Å². The van der Waals surface area contributed by atoms with Crippen LogP contribution in [-0.4, -0.2) is 20.6 Å². The highest BCUT2D eigenvalue weighted by Crippen LogP contribution is 2.18. The first-order valence-corrected chi connectivity index (χ1v) is 6.76. The number of hydrogen-bond donors (Lipinski definition) is 2. The van der Waals surface area contributed by atoms with Gasteiger partial charge in [0.15, 0.2) is 0 Å². The van der Waals surface area contributed by atoms with Crippen molar-refractivity contribution in [2.24, 2.45) is 0 Å². The molecule has 2 aromatic rings. The molecule has 0 saturated carbocycles. The quantitative estimate of drug-likeness (QED) is 0.809. The molecule has 0 aliphatic rings. The molecule has 0 amide bonds. The number of nitrogens with zero attached hydrogens (tertiary/aromatic N) is 1. The Bertz CT molecular complexity index is 725. The lowest BCUT2D eigenvalue weighted by molar-refractivity contribution is -0.137. The molecule has 0 saturated heterocycles. The molecule has 2 rings (SSSR count). The van der Waals surface area contributed by atoms with Crippen molar-refractivity contribution in [3.8, 4) is 0 Å². The summed E-state index contributed by atoms with van der Waals surface area (Å²) in [5.74, 6) is -0.870. The van der Waals surface area contributed by atoms with Gasteiger partial charge in [-0.25, -0.2) is 4.79 Å². The standard InChI is InChI=1S/C12H14N2O4S/c1-7-6-8-10(19-7)13-12(18)14(11(8)17)5-3-2-4-9(15)16/h6H,2-5H2,1H3,(H,13,18)(H,15,16). The summed E-state index contributed by atoms with van der Waals surface area (Å²) in [6, 6.07) is 1.76. The van der Waals surface area contributed by atoms with Gasteiger partial charge >= 0.3 is 11.7 Å². The molecular weight excluding hydrogens is 268 g/mol. The van der Waals surface area contributed by atoms with Crippen LogP contribution in [0.2, 0.25) is 0 Å². The van der Waals surface area contributed by atoms with E-state index in [1.54, 1.807) is 6.07 Å². The highest BCUT2D eigenvalue weighted by molar-refractivity contribution is 7.18. The van der Waals surface area contributed by atoms with Crippen molar-refractivity contribution in [2.45, 2.75) is 32.7 Å². The lowest BCUT2D eigenvalue weighted by Crippen LogP contribution is -2.34. The van der Waals surface area contributed by atoms with Gasteiger partial charge in [-0.3, -0.25) is 19.1 Å². The molecule has 0 aliphatic carbocycles. The number of aromatic nitrogens is 2. The summed E-state index contributed by atoms with van der Waals surface area (Å²) in [6.07, 6.45) is 0.984. The Hall–Kier alpha value is -1.89. The van der Waals surface area contributed by atoms with Gasteiger partial charge in [0.1, 0.15) is 4.83 Å². The second-order valence-electron chi connectivity index (χ2n) is 4.34. The largest absolute Gasteiger partial charge is 0.481 e. The summed E-state index contributed by atoms with van der Waals surface area (Å²) in [4.78, 5) is 38.5. The molecule has 19 heavy (non-hydrogen) atoms. The van der Waals surface area contributed by atoms with E-state index < -0.39 is 11.7 Å². The minimum absolute atomic E-state index is 0.0481. The average molecular weight is 282 g/mol. The number of hydrogen-bond acceptors (Lipinski definition) is 4. The van der Waals surface area contributed by atoms with Gasteiger partial charge in [0.05, 0.1) is 5.39 Å². The van der Waals surface area contributed by atoms with E-state index in [0.29, 0.717) is 23.1 Å². The first-order chi connectivity index (χ1) is 8.99. The Morgan fingerprint density at radius 3 is 2.84 bits per heavy atom. The fraction of sp³-hybridized carbons (Fsp3) is 0.417. The van der Waals surface area contributed by atoms with Crippen LogP contribution in [-0.2, 0) is 11.3 Å². The Labute approximate surface area is 112 Å². The summed E-state index contributed by atoms with van der Waals surface area (Å²) in [5.41, 5.74) is -0.742. The topological polar surface area (TPSA) is 92.2 Å². The molecule has 0 atom stereocenters. The van der Waals surface area contributed by atoms with Crippen LogP contribution in [0, 0.1) is 6.92 Å². The van der Waals surface area contributed by atoms with Crippen LogP contribution in [0.3, 0.4) is 0 Å². The fourth-order valence-corrected chi connectivity index (χ4v) is 2.81. The first-order valence-electron chi connectivity index (χ1n) is 5.94. The molecule has 0 aromatic carbocycles. The van der Waals surface area contributed by atoms with Crippen LogP contribution < -0.4 is 11.2 Å². The monoisotopic (exact) mass is 282 g/mol. The van der Waals surface area contributed by atoms with E-state index in [1.807, 2.05) is 6.92 Å². The minimum atomic E-state index is -0.870. The second-order valence-corrected chi connectivity index (χ2v) is 5.59. The van der Waals surface area contributed by atoms with Crippen molar-refractivity contribution in [3.05, 3.63) is 31.8 Å². The third-order valence-corrected chi connectivity index (χ3v) is 3.78. The van der Waals surface area contributed by atoms with Crippen LogP contribution in [0.5, 0.6) is 0 Å². The molecule has 0 bridgehead atoms. The molecular formula is C12H14N2O4S. The van der Waals surface area contributed by atoms with E-state index in [4.69, 9.17) is 5.11 Å². The SMILES string of the molecule is Cc1cc2c(=O)n(CCCCC(=O)O)c(=O)[nH]c2s1. The Balaban J connectivity index is 2.25. The summed E-state index contributed by atoms with van der Waals surface area (Å²) in [7, 11) is 0. The summed E-state index contributed by atoms with van der Waals surface area (Å²) >= 11 is 1.37. The number of carboxylic acid groups (broad SMARTS) is 1. The van der Waals surface area contributed by atoms with Crippen LogP contribution in [0.15, 0.2) is 15.7 Å². The molecule has 6 nitrogen and oxygen atoms in total. The average Bonchev–Trinajstić information content (AvgIpc) is 2.68. The highest BCUT2D eigenvalue weighted by atomic mass is 32.1. The molecule has 2 heterocycles. The van der Waals surface area contributed by atoms with Crippen LogP contribution in [0.4, 0.5) is 0 Å². The Kier molecular flexibility index (Phi) is 3.84. The van der Waals surface area contributed by atoms with Gasteiger partial charge in [0, 0.05) is 17.8 Å². The van der Waals surface area contributed by atoms with Crippen LogP contribution in [0.1, 0.15) is 24.1 Å². The number of aliphatic carboxylic acids is 1. The number of H-pyrrole nitrogens is 1. The zero-order valence-electron chi connectivity index (χ0n) is 10.4. The van der Waals surface area contributed by atoms with Gasteiger partial charge in [0.2, 0.25) is 0 Å². The van der Waals surface area contributed by atoms with E-state index >= 15 is 0 Å². The maximum atomic E-state index is 12.1. The van der Waals surface area contributed by atoms with E-state index in [9.17, 15) is 14.4 Å². The highest BCUT2D eigenvalue weighted by Gasteiger charge is 2.09. The predicted octanol–water partition coefficient (Wildman–Crippen LogP) is 1.31. The number of rotatable bonds is 5. The second kappa shape index (κ2) is 5.40. The van der Waals surface area contributed by atoms with E-state index in [1.165, 1.54) is 11.3 Å². The summed E-state index contributed by atoms with van der Waals surface area (Å²) < 4.78 is 1.14. The minimum Gasteiger partial charge on any atom is -0.481 e. The molecule has 0 spiro atoms. The number of carboxylic acids is 1. The fourth-order valence-electron chi connectivity index (χ4n) is 1.92. The van der Waals surface area contributed by atoms with E-state index in [0.717, 1.165) is 9.44 Å². The van der Waals surface area contributed by atoms with Crippen LogP contribution in [0.25, 0.3) is 10.2 Å². The van der Waals surface area contributed by atoms with Gasteiger partial charge < -0.3 is 5.11 Å². The molecule has 0 radical (unpaired) electrons. The van der Waals surface area contributed by atoms with Crippen molar-refractivity contribution in [1.29, 1.82) is 0 Å². The lowest BCUT2D eigenvalue weighted by Gasteiger charge is -2.03. The smallest absolute Gasteiger partial charge is 0.329 e. The Morgan fingerprint density at radius 2 is 2.16 bits per heavy atom. The van der Waals surface area contributed by atoms with Gasteiger partial charge in [-0.15, -0.1) is 11.3 Å². The number of fused-ring (bicyclic) bond motifs is 1. The van der Waals surface area contributed by atoms with Gasteiger partial charge in [-0.1, -0.05) is 0 Å². The van der Waals surface area contributed by atoms with Gasteiger partial charge in [-0.05, 0) is 25.8 Å². The van der Waals surface area contributed by atoms with Crippen molar-refractivity contribution >= 4 is 27.5 Å². The van der Waals surface area contributed by atoms with Crippen molar-refractivity contribution in [3.63, 3.8) is 0 Å². The van der Waals surface area contributed by atoms with Crippen molar-refractivity contribution < 1.29 is 9.90 Å². The van der Waals surface area contributed by atoms with Crippen LogP contribution >= 0.6 is 11.3 Å². The summed E-state index contributed by atoms with van der Waals surface area (Å²) in [6.45, 7) is 2.12. The third kappa shape index (κ3) is 2.93. The predicted molar refractivity (Wildman–Crippen MR) is 72.9 cm³/mol. The number of thiophene rings is 1. The molecule has 2 aromatic heterocycles. The molecule has 7 heteroatoms. The zero-order chi connectivity index (χ0) is 14.0. The van der Waals surface area contributed by atoms with E-state index in [-0.39, 0.29) is 18.5 Å². The molecule has 0 aliphatic heterocycles. The zero-order valence-corrected chi connectivity index (χ0v) is 11.2. The number of aromatic amines is 1. The number of aryl methyl sites for hydroxylation is 1. The summed E-state index contributed by atoms with van der Waals surface area (Å²) in [5, 5.41) is 9.04. The van der Waals surface area contributed by atoms with Crippen molar-refractivity contribution in [1.82, 2.24) is 9.55 Å². The molecule has 0 fully saturated rings. The number of unbranched alkanes of at least 4 members (excludes halogenated alkanes) is 1. The molecule has 2 N–H and O–H groups in total. The van der Waals surface area contributed by atoms with E-state index in [2.05, 4.69) is 4.98 Å². The first kappa shape index (κ1) is 13.5. The Morgan fingerprint density at radius 1 is 1.42 bits per heavy atom. The van der Waals surface area contributed by atoms with Gasteiger partial charge in [0.25, 0.3) is 5.56 Å². The lowest BCUT2D eigenvalue weighted by atomic mass is 10.2.